The Bertz CT molecular complexity index is 1090. The van der Waals surface area contributed by atoms with Gasteiger partial charge >= 0.3 is 0 Å². The summed E-state index contributed by atoms with van der Waals surface area (Å²) in [5.74, 6) is -0.397. The molecule has 7 heteroatoms. The summed E-state index contributed by atoms with van der Waals surface area (Å²) in [4.78, 5) is 28.3. The molecule has 0 bridgehead atoms. The number of carbonyl (C=O) groups is 2. The van der Waals surface area contributed by atoms with E-state index >= 15 is 0 Å². The van der Waals surface area contributed by atoms with E-state index in [9.17, 15) is 9.59 Å². The van der Waals surface area contributed by atoms with Crippen LogP contribution in [0, 0.1) is 0 Å². The molecule has 0 unspecified atom stereocenters. The number of likely N-dealkylation sites (N-methyl/N-ethyl adjacent to an activating group) is 1. The Labute approximate surface area is 209 Å². The summed E-state index contributed by atoms with van der Waals surface area (Å²) in [5, 5.41) is 4.43. The van der Waals surface area contributed by atoms with Gasteiger partial charge in [0, 0.05) is 34.6 Å². The largest absolute Gasteiger partial charge is 0.355 e. The number of carbonyl (C=O) groups excluding carboxylic acids is 2. The van der Waals surface area contributed by atoms with Gasteiger partial charge in [0.1, 0.15) is 6.04 Å². The molecule has 0 radical (unpaired) electrons. The fraction of sp³-hybridized carbons (Fsp3) is 0.231. The molecule has 0 fully saturated rings. The summed E-state index contributed by atoms with van der Waals surface area (Å²) in [6.45, 7) is 2.50. The number of hydrogen-bond donors (Lipinski definition) is 1. The Morgan fingerprint density at radius 2 is 1.55 bits per heavy atom. The maximum absolute atomic E-state index is 13.6. The van der Waals surface area contributed by atoms with E-state index in [0.29, 0.717) is 33.6 Å². The van der Waals surface area contributed by atoms with Gasteiger partial charge in [-0.3, -0.25) is 9.59 Å². The number of halogens is 3. The van der Waals surface area contributed by atoms with Crippen molar-refractivity contribution in [3.8, 4) is 0 Å². The highest BCUT2D eigenvalue weighted by atomic mass is 35.5. The van der Waals surface area contributed by atoms with Crippen LogP contribution < -0.4 is 5.32 Å². The lowest BCUT2D eigenvalue weighted by molar-refractivity contribution is -0.140. The van der Waals surface area contributed by atoms with Crippen LogP contribution in [0.5, 0.6) is 0 Å². The van der Waals surface area contributed by atoms with E-state index < -0.39 is 6.04 Å². The third-order valence-electron chi connectivity index (χ3n) is 5.25. The molecule has 0 saturated carbocycles. The average Bonchev–Trinajstić information content (AvgIpc) is 2.79. The molecule has 3 aromatic carbocycles. The summed E-state index contributed by atoms with van der Waals surface area (Å²) in [6.07, 6.45) is 0.511. The van der Waals surface area contributed by atoms with Crippen molar-refractivity contribution in [2.75, 3.05) is 6.54 Å². The summed E-state index contributed by atoms with van der Waals surface area (Å²) in [5.41, 5.74) is 2.49. The number of nitrogens with zero attached hydrogens (tertiary/aromatic N) is 1. The molecule has 3 aromatic rings. The van der Waals surface area contributed by atoms with Crippen molar-refractivity contribution in [2.45, 2.75) is 32.4 Å². The Balaban J connectivity index is 1.97. The van der Waals surface area contributed by atoms with Crippen LogP contribution in [0.25, 0.3) is 0 Å². The zero-order valence-electron chi connectivity index (χ0n) is 18.2. The third-order valence-corrected chi connectivity index (χ3v) is 6.09. The minimum atomic E-state index is -0.709. The Morgan fingerprint density at radius 3 is 2.18 bits per heavy atom. The Morgan fingerprint density at radius 1 is 0.879 bits per heavy atom. The minimum absolute atomic E-state index is 0.132. The van der Waals surface area contributed by atoms with Crippen molar-refractivity contribution in [1.82, 2.24) is 10.2 Å². The van der Waals surface area contributed by atoms with Gasteiger partial charge in [-0.25, -0.2) is 0 Å². The van der Waals surface area contributed by atoms with Crippen LogP contribution in [0.3, 0.4) is 0 Å². The van der Waals surface area contributed by atoms with E-state index in [1.807, 2.05) is 49.4 Å². The number of benzene rings is 3. The highest BCUT2D eigenvalue weighted by Crippen LogP contribution is 2.24. The Kier molecular flexibility index (Phi) is 9.19. The van der Waals surface area contributed by atoms with Crippen molar-refractivity contribution in [3.63, 3.8) is 0 Å². The van der Waals surface area contributed by atoms with Crippen LogP contribution in [0.4, 0.5) is 0 Å². The van der Waals surface area contributed by atoms with E-state index in [1.165, 1.54) is 0 Å². The summed E-state index contributed by atoms with van der Waals surface area (Å²) in [7, 11) is 0. The highest BCUT2D eigenvalue weighted by Gasteiger charge is 2.30. The first kappa shape index (κ1) is 25.1. The van der Waals surface area contributed by atoms with Gasteiger partial charge in [-0.05, 0) is 47.9 Å². The quantitative estimate of drug-likeness (QED) is 0.391. The smallest absolute Gasteiger partial charge is 0.243 e. The molecule has 172 valence electrons. The van der Waals surface area contributed by atoms with Crippen molar-refractivity contribution < 1.29 is 9.59 Å². The maximum Gasteiger partial charge on any atom is 0.243 e. The van der Waals surface area contributed by atoms with Crippen LogP contribution >= 0.6 is 34.8 Å². The average molecular weight is 504 g/mol. The van der Waals surface area contributed by atoms with Gasteiger partial charge < -0.3 is 10.2 Å². The first-order valence-electron chi connectivity index (χ1n) is 10.7. The van der Waals surface area contributed by atoms with Gasteiger partial charge in [0.2, 0.25) is 11.8 Å². The SMILES string of the molecule is CCNC(=O)[C@@H](Cc1ccccc1)N(Cc1ccc(Cl)cc1Cl)C(=O)Cc1ccc(Cl)cc1. The first-order chi connectivity index (χ1) is 15.9. The van der Waals surface area contributed by atoms with Crippen LogP contribution in [0.15, 0.2) is 72.8 Å². The fourth-order valence-electron chi connectivity index (χ4n) is 3.56. The minimum Gasteiger partial charge on any atom is -0.355 e. The molecule has 1 atom stereocenters. The number of nitrogens with one attached hydrogen (secondary N) is 1. The molecule has 0 heterocycles. The zero-order valence-corrected chi connectivity index (χ0v) is 20.5. The van der Waals surface area contributed by atoms with Crippen LogP contribution in [-0.4, -0.2) is 29.3 Å². The molecule has 1 N–H and O–H groups in total. The topological polar surface area (TPSA) is 49.4 Å². The molecule has 0 aliphatic rings. The second kappa shape index (κ2) is 12.1. The first-order valence-corrected chi connectivity index (χ1v) is 11.8. The second-order valence-corrected chi connectivity index (χ2v) is 8.94. The summed E-state index contributed by atoms with van der Waals surface area (Å²) < 4.78 is 0. The standard InChI is InChI=1S/C26H25Cl3N2O2/c1-2-30-26(33)24(14-18-6-4-3-5-7-18)31(17-20-10-13-22(28)16-23(20)29)25(32)15-19-8-11-21(27)12-9-19/h3-13,16,24H,2,14-15,17H2,1H3,(H,30,33)/t24-/m1/s1. The summed E-state index contributed by atoms with van der Waals surface area (Å²) in [6, 6.07) is 21.2. The van der Waals surface area contributed by atoms with Gasteiger partial charge in [0.15, 0.2) is 0 Å². The van der Waals surface area contributed by atoms with Gasteiger partial charge in [0.25, 0.3) is 0 Å². The van der Waals surface area contributed by atoms with Crippen molar-refractivity contribution in [3.05, 3.63) is 105 Å². The van der Waals surface area contributed by atoms with Gasteiger partial charge in [-0.2, -0.15) is 0 Å². The van der Waals surface area contributed by atoms with Crippen LogP contribution in [0.1, 0.15) is 23.6 Å². The van der Waals surface area contributed by atoms with E-state index in [-0.39, 0.29) is 24.8 Å². The van der Waals surface area contributed by atoms with Gasteiger partial charge in [0.05, 0.1) is 6.42 Å². The van der Waals surface area contributed by atoms with E-state index in [4.69, 9.17) is 34.8 Å². The number of amides is 2. The molecule has 0 aromatic heterocycles. The van der Waals surface area contributed by atoms with E-state index in [0.717, 1.165) is 11.1 Å². The van der Waals surface area contributed by atoms with Crippen LogP contribution in [-0.2, 0) is 29.0 Å². The molecule has 3 rings (SSSR count). The lowest BCUT2D eigenvalue weighted by Crippen LogP contribution is -2.51. The highest BCUT2D eigenvalue weighted by molar-refractivity contribution is 6.35. The maximum atomic E-state index is 13.6. The molecule has 0 aliphatic heterocycles. The predicted octanol–water partition coefficient (Wildman–Crippen LogP) is 5.97. The van der Waals surface area contributed by atoms with Crippen molar-refractivity contribution in [1.29, 1.82) is 0 Å². The van der Waals surface area contributed by atoms with Crippen molar-refractivity contribution >= 4 is 46.6 Å². The van der Waals surface area contributed by atoms with Gasteiger partial charge in [-0.15, -0.1) is 0 Å². The fourth-order valence-corrected chi connectivity index (χ4v) is 4.15. The predicted molar refractivity (Wildman–Crippen MR) is 135 cm³/mol. The van der Waals surface area contributed by atoms with Gasteiger partial charge in [-0.1, -0.05) is 83.3 Å². The zero-order chi connectivity index (χ0) is 23.8. The molecule has 2 amide bonds. The second-order valence-electron chi connectivity index (χ2n) is 7.66. The van der Waals surface area contributed by atoms with E-state index in [1.54, 1.807) is 35.2 Å². The molecule has 0 aliphatic carbocycles. The van der Waals surface area contributed by atoms with E-state index in [2.05, 4.69) is 5.32 Å². The monoisotopic (exact) mass is 502 g/mol. The lowest BCUT2D eigenvalue weighted by atomic mass is 10.0. The van der Waals surface area contributed by atoms with Crippen LogP contribution in [0.2, 0.25) is 15.1 Å². The lowest BCUT2D eigenvalue weighted by Gasteiger charge is -2.32. The molecular formula is C26H25Cl3N2O2. The number of hydrogen-bond acceptors (Lipinski definition) is 2. The third kappa shape index (κ3) is 7.23. The molecular weight excluding hydrogens is 479 g/mol. The normalized spacial score (nSPS) is 11.6. The summed E-state index contributed by atoms with van der Waals surface area (Å²) >= 11 is 18.5. The molecule has 0 saturated heterocycles. The molecule has 4 nitrogen and oxygen atoms in total. The number of rotatable bonds is 9. The van der Waals surface area contributed by atoms with Crippen molar-refractivity contribution in [2.24, 2.45) is 0 Å². The molecule has 33 heavy (non-hydrogen) atoms. The Hall–Kier alpha value is -2.53. The molecule has 0 spiro atoms.